The van der Waals surface area contributed by atoms with Crippen LogP contribution in [0.15, 0.2) is 24.7 Å². The number of H-pyrrole nitrogens is 1. The number of pyridine rings is 1. The summed E-state index contributed by atoms with van der Waals surface area (Å²) in [4.78, 5) is 23.4. The third-order valence-electron chi connectivity index (χ3n) is 5.63. The van der Waals surface area contributed by atoms with Gasteiger partial charge in [0.05, 0.1) is 41.7 Å². The molecule has 2 aliphatic rings. The molecule has 0 radical (unpaired) electrons. The molecule has 0 bridgehead atoms. The number of hydrogen-bond acceptors (Lipinski definition) is 7. The number of nitrogens with one attached hydrogen (secondary N) is 1. The van der Waals surface area contributed by atoms with E-state index in [9.17, 15) is 18.8 Å². The molecular weight excluding hydrogens is 424 g/mol. The molecule has 0 atom stereocenters. The molecule has 32 heavy (non-hydrogen) atoms. The number of nitrogens with zero attached hydrogens (tertiary/aromatic N) is 6. The fourth-order valence-electron chi connectivity index (χ4n) is 3.89. The van der Waals surface area contributed by atoms with Gasteiger partial charge in [0.15, 0.2) is 6.10 Å². The van der Waals surface area contributed by atoms with E-state index in [1.807, 2.05) is 6.07 Å². The maximum Gasteiger partial charge on any atom is 0.410 e. The molecule has 3 aromatic rings. The summed E-state index contributed by atoms with van der Waals surface area (Å²) in [5.74, 6) is 0. The van der Waals surface area contributed by atoms with E-state index >= 15 is 0 Å². The average Bonchev–Trinajstić information content (AvgIpc) is 3.40. The van der Waals surface area contributed by atoms with Crippen LogP contribution >= 0.6 is 0 Å². The number of amides is 1. The SMILES string of the molecule is N#Cc1c(-c2cnn(C(F)F)c2)[nH]c2nccc(N3CCN(C(=O)OC4COC4)CC3)c12. The number of anilines is 1. The van der Waals surface area contributed by atoms with Gasteiger partial charge in [0.2, 0.25) is 0 Å². The van der Waals surface area contributed by atoms with Crippen molar-refractivity contribution in [1.82, 2.24) is 24.6 Å². The van der Waals surface area contributed by atoms with Gasteiger partial charge in [0.25, 0.3) is 0 Å². The lowest BCUT2D eigenvalue weighted by Crippen LogP contribution is -2.51. The van der Waals surface area contributed by atoms with E-state index in [1.54, 1.807) is 11.1 Å². The number of carbonyl (C=O) groups excluding carboxylic acids is 1. The molecule has 2 saturated heterocycles. The van der Waals surface area contributed by atoms with E-state index in [1.165, 1.54) is 12.4 Å². The zero-order chi connectivity index (χ0) is 22.2. The first-order valence-corrected chi connectivity index (χ1v) is 10.1. The Hall–Kier alpha value is -3.72. The molecule has 1 N–H and O–H groups in total. The number of nitriles is 1. The van der Waals surface area contributed by atoms with Gasteiger partial charge in [0, 0.05) is 44.1 Å². The predicted molar refractivity (Wildman–Crippen MR) is 108 cm³/mol. The molecular formula is C20H19F2N7O3. The molecule has 12 heteroatoms. The fourth-order valence-corrected chi connectivity index (χ4v) is 3.89. The number of carbonyl (C=O) groups is 1. The van der Waals surface area contributed by atoms with Crippen LogP contribution in [0.3, 0.4) is 0 Å². The molecule has 0 aromatic carbocycles. The van der Waals surface area contributed by atoms with E-state index in [-0.39, 0.29) is 12.2 Å². The number of fused-ring (bicyclic) bond motifs is 1. The van der Waals surface area contributed by atoms with Gasteiger partial charge < -0.3 is 24.3 Å². The smallest absolute Gasteiger partial charge is 0.410 e. The Labute approximate surface area is 180 Å². The molecule has 0 unspecified atom stereocenters. The topological polar surface area (TPSA) is 112 Å². The number of halogens is 2. The lowest BCUT2D eigenvalue weighted by Gasteiger charge is -2.37. The number of aromatic nitrogens is 4. The molecule has 0 aliphatic carbocycles. The third-order valence-corrected chi connectivity index (χ3v) is 5.63. The minimum absolute atomic E-state index is 0.175. The summed E-state index contributed by atoms with van der Waals surface area (Å²) in [6.07, 6.45) is 3.57. The van der Waals surface area contributed by atoms with Crippen LogP contribution in [-0.2, 0) is 9.47 Å². The Morgan fingerprint density at radius 2 is 2.09 bits per heavy atom. The number of piperazine rings is 1. The van der Waals surface area contributed by atoms with Gasteiger partial charge in [0.1, 0.15) is 11.7 Å². The van der Waals surface area contributed by atoms with Crippen molar-refractivity contribution in [1.29, 1.82) is 5.26 Å². The van der Waals surface area contributed by atoms with Crippen molar-refractivity contribution in [2.45, 2.75) is 12.7 Å². The zero-order valence-corrected chi connectivity index (χ0v) is 16.9. The van der Waals surface area contributed by atoms with Crippen molar-refractivity contribution in [3.63, 3.8) is 0 Å². The summed E-state index contributed by atoms with van der Waals surface area (Å²) < 4.78 is 36.8. The lowest BCUT2D eigenvalue weighted by molar-refractivity contribution is -0.104. The average molecular weight is 443 g/mol. The molecule has 5 rings (SSSR count). The van der Waals surface area contributed by atoms with Gasteiger partial charge in [-0.3, -0.25) is 0 Å². The molecule has 5 heterocycles. The number of ether oxygens (including phenoxy) is 2. The normalized spacial score (nSPS) is 16.9. The van der Waals surface area contributed by atoms with Gasteiger partial charge in [-0.2, -0.15) is 19.1 Å². The zero-order valence-electron chi connectivity index (χ0n) is 16.9. The Kier molecular flexibility index (Phi) is 5.10. The summed E-state index contributed by atoms with van der Waals surface area (Å²) in [7, 11) is 0. The number of rotatable bonds is 4. The van der Waals surface area contributed by atoms with Crippen molar-refractivity contribution in [3.8, 4) is 17.3 Å². The van der Waals surface area contributed by atoms with Crippen LogP contribution in [0.1, 0.15) is 12.1 Å². The maximum absolute atomic E-state index is 12.9. The molecule has 3 aromatic heterocycles. The van der Waals surface area contributed by atoms with E-state index in [2.05, 4.69) is 26.0 Å². The van der Waals surface area contributed by atoms with Crippen LogP contribution in [0.2, 0.25) is 0 Å². The lowest BCUT2D eigenvalue weighted by atomic mass is 10.1. The molecule has 0 saturated carbocycles. The highest BCUT2D eigenvalue weighted by molar-refractivity contribution is 6.00. The van der Waals surface area contributed by atoms with Gasteiger partial charge in [-0.05, 0) is 6.07 Å². The highest BCUT2D eigenvalue weighted by atomic mass is 19.3. The highest BCUT2D eigenvalue weighted by Gasteiger charge is 2.29. The van der Waals surface area contributed by atoms with Crippen LogP contribution in [0.5, 0.6) is 0 Å². The summed E-state index contributed by atoms with van der Waals surface area (Å²) in [6, 6.07) is 3.99. The van der Waals surface area contributed by atoms with Crippen molar-refractivity contribution < 1.29 is 23.0 Å². The van der Waals surface area contributed by atoms with Crippen LogP contribution in [0.4, 0.5) is 19.3 Å². The standard InChI is InChI=1S/C20H19F2N7O3/c21-19(22)29-9-12(8-25-29)17-14(7-23)16-15(1-2-24-18(16)26-17)27-3-5-28(6-4-27)20(30)32-13-10-31-11-13/h1-2,8-9,13,19H,3-6,10-11H2,(H,24,26). The second-order valence-electron chi connectivity index (χ2n) is 7.54. The predicted octanol–water partition coefficient (Wildman–Crippen LogP) is 2.35. The number of aromatic amines is 1. The summed E-state index contributed by atoms with van der Waals surface area (Å²) in [6.45, 7) is 0.126. The van der Waals surface area contributed by atoms with Crippen LogP contribution in [0, 0.1) is 11.3 Å². The monoisotopic (exact) mass is 443 g/mol. The number of hydrogen-bond donors (Lipinski definition) is 1. The van der Waals surface area contributed by atoms with Crippen LogP contribution in [0.25, 0.3) is 22.3 Å². The molecule has 0 spiro atoms. The van der Waals surface area contributed by atoms with E-state index < -0.39 is 6.55 Å². The van der Waals surface area contributed by atoms with Crippen molar-refractivity contribution in [2.24, 2.45) is 0 Å². The molecule has 10 nitrogen and oxygen atoms in total. The van der Waals surface area contributed by atoms with E-state index in [0.29, 0.717) is 71.9 Å². The Morgan fingerprint density at radius 3 is 2.72 bits per heavy atom. The minimum atomic E-state index is -2.77. The summed E-state index contributed by atoms with van der Waals surface area (Å²) >= 11 is 0. The minimum Gasteiger partial charge on any atom is -0.441 e. The van der Waals surface area contributed by atoms with Crippen LogP contribution in [-0.4, -0.2) is 76.2 Å². The molecule has 166 valence electrons. The van der Waals surface area contributed by atoms with Crippen LogP contribution < -0.4 is 4.90 Å². The largest absolute Gasteiger partial charge is 0.441 e. The molecule has 2 fully saturated rings. The summed E-state index contributed by atoms with van der Waals surface area (Å²) in [5, 5.41) is 14.1. The fraction of sp³-hybridized carbons (Fsp3) is 0.400. The van der Waals surface area contributed by atoms with Crippen molar-refractivity contribution >= 4 is 22.8 Å². The van der Waals surface area contributed by atoms with Crippen molar-refractivity contribution in [3.05, 3.63) is 30.2 Å². The second kappa shape index (κ2) is 8.08. The molecule has 2 aliphatic heterocycles. The quantitative estimate of drug-likeness (QED) is 0.659. The first-order valence-electron chi connectivity index (χ1n) is 10.1. The van der Waals surface area contributed by atoms with Gasteiger partial charge in [-0.25, -0.2) is 14.5 Å². The first kappa shape index (κ1) is 20.2. The number of alkyl halides is 2. The van der Waals surface area contributed by atoms with E-state index in [0.717, 1.165) is 5.69 Å². The maximum atomic E-state index is 12.9. The summed E-state index contributed by atoms with van der Waals surface area (Å²) in [5.41, 5.74) is 2.34. The third kappa shape index (κ3) is 3.50. The Balaban J connectivity index is 1.40. The molecule has 1 amide bonds. The Bertz CT molecular complexity index is 1190. The van der Waals surface area contributed by atoms with Gasteiger partial charge >= 0.3 is 12.6 Å². The van der Waals surface area contributed by atoms with Gasteiger partial charge in [-0.1, -0.05) is 0 Å². The highest BCUT2D eigenvalue weighted by Crippen LogP contribution is 2.35. The second-order valence-corrected chi connectivity index (χ2v) is 7.54. The Morgan fingerprint density at radius 1 is 1.31 bits per heavy atom. The van der Waals surface area contributed by atoms with Gasteiger partial charge in [-0.15, -0.1) is 0 Å². The first-order chi connectivity index (χ1) is 15.5. The van der Waals surface area contributed by atoms with E-state index in [4.69, 9.17) is 9.47 Å². The van der Waals surface area contributed by atoms with Crippen molar-refractivity contribution in [2.75, 3.05) is 44.3 Å².